The minimum atomic E-state index is -1.21. The number of allylic oxidation sites excluding steroid dienone is 1. The van der Waals surface area contributed by atoms with Crippen molar-refractivity contribution in [3.8, 4) is 0 Å². The molecule has 4 atom stereocenters. The van der Waals surface area contributed by atoms with Gasteiger partial charge in [0.25, 0.3) is 0 Å². The molecule has 0 aliphatic heterocycles. The predicted octanol–water partition coefficient (Wildman–Crippen LogP) is 0.685. The summed E-state index contributed by atoms with van der Waals surface area (Å²) in [5.74, 6) is -1.11. The molecule has 1 aliphatic rings. The first-order valence-electron chi connectivity index (χ1n) is 7.80. The van der Waals surface area contributed by atoms with E-state index in [2.05, 4.69) is 23.9 Å². The van der Waals surface area contributed by atoms with Gasteiger partial charge >= 0.3 is 11.9 Å². The van der Waals surface area contributed by atoms with E-state index in [1.54, 1.807) is 6.08 Å². The molecule has 7 nitrogen and oxygen atoms in total. The van der Waals surface area contributed by atoms with Gasteiger partial charge in [-0.05, 0) is 30.6 Å². The van der Waals surface area contributed by atoms with Crippen LogP contribution in [0.5, 0.6) is 0 Å². The molecule has 0 spiro atoms. The standard InChI is InChI=1S/C16H26N2O5/c1-9-4-5-10(2)11(9)6-7-13(16(22)23-3)18-15(21)12(17)8-14(19)20/h6-7,9-13H,4-5,8,17H2,1-3H3,(H,18,21)(H,19,20)/t9?,10?,11?,12-,13?/m0/s1. The number of hydrogen-bond donors (Lipinski definition) is 3. The number of carboxylic acid groups (broad SMARTS) is 1. The number of amides is 1. The molecule has 0 aromatic carbocycles. The van der Waals surface area contributed by atoms with Crippen LogP contribution in [0.25, 0.3) is 0 Å². The number of carbonyl (C=O) groups excluding carboxylic acids is 2. The van der Waals surface area contributed by atoms with Crippen LogP contribution in [-0.2, 0) is 19.1 Å². The second kappa shape index (κ2) is 8.67. The maximum Gasteiger partial charge on any atom is 0.332 e. The average molecular weight is 326 g/mol. The van der Waals surface area contributed by atoms with Gasteiger partial charge in [0.05, 0.1) is 19.6 Å². The van der Waals surface area contributed by atoms with E-state index in [1.807, 2.05) is 6.08 Å². The summed E-state index contributed by atoms with van der Waals surface area (Å²) in [6.45, 7) is 4.32. The van der Waals surface area contributed by atoms with E-state index in [1.165, 1.54) is 7.11 Å². The molecule has 0 aromatic rings. The van der Waals surface area contributed by atoms with E-state index in [4.69, 9.17) is 10.8 Å². The summed E-state index contributed by atoms with van der Waals surface area (Å²) >= 11 is 0. The molecule has 0 bridgehead atoms. The summed E-state index contributed by atoms with van der Waals surface area (Å²) in [6.07, 6.45) is 5.32. The minimum absolute atomic E-state index is 0.340. The maximum absolute atomic E-state index is 11.9. The highest BCUT2D eigenvalue weighted by atomic mass is 16.5. The molecule has 23 heavy (non-hydrogen) atoms. The Labute approximate surface area is 136 Å². The van der Waals surface area contributed by atoms with Crippen LogP contribution >= 0.6 is 0 Å². The van der Waals surface area contributed by atoms with Crippen molar-refractivity contribution in [2.24, 2.45) is 23.5 Å². The summed E-state index contributed by atoms with van der Waals surface area (Å²) in [6, 6.07) is -2.18. The van der Waals surface area contributed by atoms with Crippen molar-refractivity contribution in [3.63, 3.8) is 0 Å². The summed E-state index contributed by atoms with van der Waals surface area (Å²) in [7, 11) is 1.23. The van der Waals surface area contributed by atoms with Gasteiger partial charge in [-0.3, -0.25) is 9.59 Å². The smallest absolute Gasteiger partial charge is 0.332 e. The fourth-order valence-electron chi connectivity index (χ4n) is 2.94. The number of esters is 1. The molecule has 0 saturated heterocycles. The van der Waals surface area contributed by atoms with Crippen LogP contribution in [0, 0.1) is 17.8 Å². The van der Waals surface area contributed by atoms with Crippen LogP contribution in [0.2, 0.25) is 0 Å². The molecule has 1 saturated carbocycles. The van der Waals surface area contributed by atoms with Gasteiger partial charge in [-0.25, -0.2) is 4.79 Å². The quantitative estimate of drug-likeness (QED) is 0.468. The summed E-state index contributed by atoms with van der Waals surface area (Å²) in [5.41, 5.74) is 5.50. The highest BCUT2D eigenvalue weighted by molar-refractivity contribution is 5.90. The van der Waals surface area contributed by atoms with Gasteiger partial charge in [0.2, 0.25) is 5.91 Å². The average Bonchev–Trinajstić information content (AvgIpc) is 2.80. The molecule has 130 valence electrons. The normalized spacial score (nSPS) is 26.7. The van der Waals surface area contributed by atoms with E-state index >= 15 is 0 Å². The van der Waals surface area contributed by atoms with E-state index in [9.17, 15) is 14.4 Å². The summed E-state index contributed by atoms with van der Waals surface area (Å²) in [5, 5.41) is 11.1. The molecule has 4 N–H and O–H groups in total. The zero-order chi connectivity index (χ0) is 17.6. The van der Waals surface area contributed by atoms with E-state index in [0.717, 1.165) is 12.8 Å². The zero-order valence-corrected chi connectivity index (χ0v) is 13.8. The number of nitrogens with one attached hydrogen (secondary N) is 1. The first kappa shape index (κ1) is 19.2. The number of methoxy groups -OCH3 is 1. The number of carbonyl (C=O) groups is 3. The van der Waals surface area contributed by atoms with Crippen LogP contribution < -0.4 is 11.1 Å². The third-order valence-corrected chi connectivity index (χ3v) is 4.40. The van der Waals surface area contributed by atoms with E-state index in [0.29, 0.717) is 17.8 Å². The van der Waals surface area contributed by atoms with Gasteiger partial charge in [-0.1, -0.05) is 26.0 Å². The molecule has 1 rings (SSSR count). The molecule has 1 amide bonds. The number of ether oxygens (including phenoxy) is 1. The Morgan fingerprint density at radius 3 is 2.35 bits per heavy atom. The Morgan fingerprint density at radius 2 is 1.87 bits per heavy atom. The first-order chi connectivity index (χ1) is 10.8. The first-order valence-corrected chi connectivity index (χ1v) is 7.80. The van der Waals surface area contributed by atoms with Crippen LogP contribution in [0.15, 0.2) is 12.2 Å². The highest BCUT2D eigenvalue weighted by Crippen LogP contribution is 2.37. The highest BCUT2D eigenvalue weighted by Gasteiger charge is 2.29. The lowest BCUT2D eigenvalue weighted by Gasteiger charge is -2.19. The SMILES string of the molecule is COC(=O)C(C=CC1C(C)CCC1C)NC(=O)[C@@H](N)CC(=O)O. The zero-order valence-electron chi connectivity index (χ0n) is 13.8. The van der Waals surface area contributed by atoms with Crippen LogP contribution in [0.1, 0.15) is 33.1 Å². The Hall–Kier alpha value is -1.89. The van der Waals surface area contributed by atoms with Crippen LogP contribution in [-0.4, -0.2) is 42.1 Å². The van der Waals surface area contributed by atoms with Crippen molar-refractivity contribution in [1.82, 2.24) is 5.32 Å². The molecule has 1 fully saturated rings. The third-order valence-electron chi connectivity index (χ3n) is 4.40. The van der Waals surface area contributed by atoms with Crippen molar-refractivity contribution in [2.75, 3.05) is 7.11 Å². The fourth-order valence-corrected chi connectivity index (χ4v) is 2.94. The maximum atomic E-state index is 11.9. The Morgan fingerprint density at radius 1 is 1.30 bits per heavy atom. The fraction of sp³-hybridized carbons (Fsp3) is 0.688. The third kappa shape index (κ3) is 5.67. The molecule has 3 unspecified atom stereocenters. The number of nitrogens with two attached hydrogens (primary N) is 1. The lowest BCUT2D eigenvalue weighted by molar-refractivity contribution is -0.144. The van der Waals surface area contributed by atoms with E-state index < -0.39 is 36.4 Å². The Bertz CT molecular complexity index is 467. The predicted molar refractivity (Wildman–Crippen MR) is 84.4 cm³/mol. The Balaban J connectivity index is 2.75. The molecular weight excluding hydrogens is 300 g/mol. The van der Waals surface area contributed by atoms with Crippen molar-refractivity contribution in [3.05, 3.63) is 12.2 Å². The van der Waals surface area contributed by atoms with Gasteiger partial charge in [0.15, 0.2) is 0 Å². The molecule has 0 heterocycles. The van der Waals surface area contributed by atoms with Crippen LogP contribution in [0.3, 0.4) is 0 Å². The summed E-state index contributed by atoms with van der Waals surface area (Å²) < 4.78 is 4.68. The number of aliphatic carboxylic acids is 1. The van der Waals surface area contributed by atoms with Gasteiger partial charge < -0.3 is 20.9 Å². The lowest BCUT2D eigenvalue weighted by atomic mass is 9.91. The largest absolute Gasteiger partial charge is 0.481 e. The molecule has 0 aromatic heterocycles. The number of rotatable bonds is 7. The number of hydrogen-bond acceptors (Lipinski definition) is 5. The van der Waals surface area contributed by atoms with Gasteiger partial charge in [0.1, 0.15) is 6.04 Å². The molecule has 0 radical (unpaired) electrons. The summed E-state index contributed by atoms with van der Waals surface area (Å²) in [4.78, 5) is 34.3. The van der Waals surface area contributed by atoms with Gasteiger partial charge in [-0.2, -0.15) is 0 Å². The number of carboxylic acids is 1. The minimum Gasteiger partial charge on any atom is -0.481 e. The topological polar surface area (TPSA) is 119 Å². The lowest BCUT2D eigenvalue weighted by Crippen LogP contribution is -2.48. The molecule has 1 aliphatic carbocycles. The molecule has 7 heteroatoms. The van der Waals surface area contributed by atoms with E-state index in [-0.39, 0.29) is 0 Å². The second-order valence-corrected chi connectivity index (χ2v) is 6.21. The van der Waals surface area contributed by atoms with Crippen LogP contribution in [0.4, 0.5) is 0 Å². The van der Waals surface area contributed by atoms with Crippen molar-refractivity contribution < 1.29 is 24.2 Å². The van der Waals surface area contributed by atoms with Crippen molar-refractivity contribution in [1.29, 1.82) is 0 Å². The van der Waals surface area contributed by atoms with Gasteiger partial charge in [0, 0.05) is 0 Å². The monoisotopic (exact) mass is 326 g/mol. The second-order valence-electron chi connectivity index (χ2n) is 6.21. The molecular formula is C16H26N2O5. The van der Waals surface area contributed by atoms with Gasteiger partial charge in [-0.15, -0.1) is 0 Å². The van der Waals surface area contributed by atoms with Crippen molar-refractivity contribution in [2.45, 2.75) is 45.2 Å². The Kier molecular flexibility index (Phi) is 7.22. The van der Waals surface area contributed by atoms with Crippen molar-refractivity contribution >= 4 is 17.8 Å².